The van der Waals surface area contributed by atoms with Crippen molar-refractivity contribution in [2.45, 2.75) is 6.92 Å². The second-order valence-corrected chi connectivity index (χ2v) is 4.20. The third kappa shape index (κ3) is 1.95. The maximum atomic E-state index is 11.2. The van der Waals surface area contributed by atoms with Gasteiger partial charge in [-0.05, 0) is 24.6 Å². The number of aryl methyl sites for hydroxylation is 1. The molecule has 0 amide bonds. The summed E-state index contributed by atoms with van der Waals surface area (Å²) in [6.07, 6.45) is 5.27. The molecule has 0 spiro atoms. The Balaban J connectivity index is 1.99. The van der Waals surface area contributed by atoms with Crippen LogP contribution in [0.15, 0.2) is 40.0 Å². The molecule has 3 aromatic heterocycles. The van der Waals surface area contributed by atoms with E-state index in [0.717, 1.165) is 5.56 Å². The van der Waals surface area contributed by atoms with E-state index in [1.807, 2.05) is 19.2 Å². The summed E-state index contributed by atoms with van der Waals surface area (Å²) in [5.41, 5.74) is 1.77. The van der Waals surface area contributed by atoms with Gasteiger partial charge in [0.25, 0.3) is 0 Å². The van der Waals surface area contributed by atoms with Crippen LogP contribution in [0.1, 0.15) is 5.56 Å². The average Bonchev–Trinajstić information content (AvgIpc) is 2.98. The predicted octanol–water partition coefficient (Wildman–Crippen LogP) is 0.929. The van der Waals surface area contributed by atoms with Crippen molar-refractivity contribution in [1.29, 1.82) is 0 Å². The van der Waals surface area contributed by atoms with E-state index >= 15 is 0 Å². The Morgan fingerprint density at radius 3 is 2.63 bits per heavy atom. The summed E-state index contributed by atoms with van der Waals surface area (Å²) in [7, 11) is 1.60. The summed E-state index contributed by atoms with van der Waals surface area (Å²) in [6.45, 7) is 1.96. The highest BCUT2D eigenvalue weighted by molar-refractivity contribution is 5.54. The van der Waals surface area contributed by atoms with Gasteiger partial charge in [-0.2, -0.15) is 5.10 Å². The lowest BCUT2D eigenvalue weighted by Crippen LogP contribution is -2.10. The molecule has 0 N–H and O–H groups in total. The molecule has 3 aromatic rings. The summed E-state index contributed by atoms with van der Waals surface area (Å²) >= 11 is 0. The van der Waals surface area contributed by atoms with Crippen LogP contribution in [0.5, 0.6) is 0 Å². The zero-order valence-electron chi connectivity index (χ0n) is 10.4. The molecule has 0 aromatic carbocycles. The summed E-state index contributed by atoms with van der Waals surface area (Å²) in [6, 6.07) is 3.62. The molecule has 3 rings (SSSR count). The molecule has 0 saturated heterocycles. The van der Waals surface area contributed by atoms with E-state index in [9.17, 15) is 4.79 Å². The van der Waals surface area contributed by atoms with Crippen LogP contribution in [0.25, 0.3) is 17.2 Å². The Bertz CT molecular complexity index is 766. The first-order valence-corrected chi connectivity index (χ1v) is 5.66. The highest BCUT2D eigenvalue weighted by Crippen LogP contribution is 2.15. The predicted molar refractivity (Wildman–Crippen MR) is 66.8 cm³/mol. The third-order valence-electron chi connectivity index (χ3n) is 2.75. The summed E-state index contributed by atoms with van der Waals surface area (Å²) in [5, 5.41) is 7.88. The number of hydrogen-bond acceptors (Lipinski definition) is 5. The first-order chi connectivity index (χ1) is 9.15. The fourth-order valence-corrected chi connectivity index (χ4v) is 1.73. The van der Waals surface area contributed by atoms with Crippen molar-refractivity contribution in [2.75, 3.05) is 0 Å². The fraction of sp³-hybridized carbons (Fsp3) is 0.167. The van der Waals surface area contributed by atoms with Crippen molar-refractivity contribution < 1.29 is 4.52 Å². The van der Waals surface area contributed by atoms with Crippen molar-refractivity contribution in [2.24, 2.45) is 7.05 Å². The average molecular weight is 257 g/mol. The Morgan fingerprint density at radius 1 is 1.26 bits per heavy atom. The molecule has 96 valence electrons. The minimum Gasteiger partial charge on any atom is -0.295 e. The summed E-state index contributed by atoms with van der Waals surface area (Å²) in [5.74, 6) is 0.646. The van der Waals surface area contributed by atoms with Crippen LogP contribution in [-0.4, -0.2) is 24.5 Å². The highest BCUT2D eigenvalue weighted by atomic mass is 16.5. The maximum absolute atomic E-state index is 11.2. The second kappa shape index (κ2) is 4.20. The van der Waals surface area contributed by atoms with E-state index < -0.39 is 5.76 Å². The standard InChI is InChI=1S/C12H11N5O2/c1-8-5-14-17(7-8)10-4-3-9(6-13-10)11-15-19-12(18)16(11)2/h3-7H,1-2H3. The van der Waals surface area contributed by atoms with Crippen LogP contribution in [0.4, 0.5) is 0 Å². The van der Waals surface area contributed by atoms with E-state index in [1.165, 1.54) is 4.57 Å². The second-order valence-electron chi connectivity index (χ2n) is 4.20. The molecule has 0 radical (unpaired) electrons. The molecule has 0 fully saturated rings. The molecule has 0 aliphatic heterocycles. The first-order valence-electron chi connectivity index (χ1n) is 5.66. The molecular formula is C12H11N5O2. The SMILES string of the molecule is Cc1cnn(-c2ccc(-c3noc(=O)n3C)cn2)c1. The van der Waals surface area contributed by atoms with Gasteiger partial charge in [-0.25, -0.2) is 14.5 Å². The van der Waals surface area contributed by atoms with E-state index in [-0.39, 0.29) is 0 Å². The van der Waals surface area contributed by atoms with Crippen molar-refractivity contribution in [3.05, 3.63) is 46.8 Å². The van der Waals surface area contributed by atoms with Crippen LogP contribution >= 0.6 is 0 Å². The maximum Gasteiger partial charge on any atom is 0.441 e. The van der Waals surface area contributed by atoms with E-state index in [1.54, 1.807) is 30.2 Å². The van der Waals surface area contributed by atoms with Gasteiger partial charge in [-0.3, -0.25) is 9.09 Å². The third-order valence-corrected chi connectivity index (χ3v) is 2.75. The number of pyridine rings is 1. The Kier molecular flexibility index (Phi) is 2.52. The van der Waals surface area contributed by atoms with Crippen LogP contribution < -0.4 is 5.76 Å². The van der Waals surface area contributed by atoms with Gasteiger partial charge < -0.3 is 0 Å². The number of nitrogens with zero attached hydrogens (tertiary/aromatic N) is 5. The largest absolute Gasteiger partial charge is 0.441 e. The van der Waals surface area contributed by atoms with Gasteiger partial charge in [0.2, 0.25) is 0 Å². The topological polar surface area (TPSA) is 78.7 Å². The number of hydrogen-bond donors (Lipinski definition) is 0. The Hall–Kier alpha value is -2.70. The number of rotatable bonds is 2. The zero-order chi connectivity index (χ0) is 13.4. The van der Waals surface area contributed by atoms with Gasteiger partial charge >= 0.3 is 5.76 Å². The quantitative estimate of drug-likeness (QED) is 0.682. The molecule has 0 unspecified atom stereocenters. The molecule has 0 aliphatic carbocycles. The van der Waals surface area contributed by atoms with Crippen LogP contribution in [0.2, 0.25) is 0 Å². The van der Waals surface area contributed by atoms with Crippen molar-refractivity contribution in [1.82, 2.24) is 24.5 Å². The van der Waals surface area contributed by atoms with Crippen molar-refractivity contribution >= 4 is 0 Å². The van der Waals surface area contributed by atoms with E-state index in [0.29, 0.717) is 17.2 Å². The molecule has 0 bridgehead atoms. The normalized spacial score (nSPS) is 10.8. The summed E-state index contributed by atoms with van der Waals surface area (Å²) in [4.78, 5) is 15.5. The van der Waals surface area contributed by atoms with Gasteiger partial charge in [0.05, 0.1) is 6.20 Å². The van der Waals surface area contributed by atoms with Crippen LogP contribution in [0, 0.1) is 6.92 Å². The Morgan fingerprint density at radius 2 is 2.11 bits per heavy atom. The zero-order valence-corrected chi connectivity index (χ0v) is 10.4. The van der Waals surface area contributed by atoms with E-state index in [2.05, 4.69) is 19.8 Å². The fourth-order valence-electron chi connectivity index (χ4n) is 1.73. The summed E-state index contributed by atoms with van der Waals surface area (Å²) < 4.78 is 7.59. The minimum absolute atomic E-state index is 0.445. The molecule has 7 nitrogen and oxygen atoms in total. The van der Waals surface area contributed by atoms with Gasteiger partial charge in [0.1, 0.15) is 0 Å². The lowest BCUT2D eigenvalue weighted by atomic mass is 10.2. The lowest BCUT2D eigenvalue weighted by molar-refractivity contribution is 0.380. The monoisotopic (exact) mass is 257 g/mol. The van der Waals surface area contributed by atoms with Gasteiger partial charge in [-0.15, -0.1) is 0 Å². The molecule has 0 aliphatic rings. The smallest absolute Gasteiger partial charge is 0.295 e. The number of aromatic nitrogens is 5. The molecule has 3 heterocycles. The molecule has 19 heavy (non-hydrogen) atoms. The van der Waals surface area contributed by atoms with Gasteiger partial charge in [0, 0.05) is 25.0 Å². The minimum atomic E-state index is -0.498. The molecule has 0 atom stereocenters. The van der Waals surface area contributed by atoms with E-state index in [4.69, 9.17) is 0 Å². The molecular weight excluding hydrogens is 246 g/mol. The Labute approximate surface area is 108 Å². The molecule has 0 saturated carbocycles. The highest BCUT2D eigenvalue weighted by Gasteiger charge is 2.10. The molecule has 7 heteroatoms. The van der Waals surface area contributed by atoms with Crippen LogP contribution in [0.3, 0.4) is 0 Å². The first kappa shape index (κ1) is 11.4. The van der Waals surface area contributed by atoms with Gasteiger partial charge in [-0.1, -0.05) is 5.16 Å². The van der Waals surface area contributed by atoms with Crippen LogP contribution in [-0.2, 0) is 7.05 Å². The van der Waals surface area contributed by atoms with Gasteiger partial charge in [0.15, 0.2) is 11.6 Å². The van der Waals surface area contributed by atoms with Crippen molar-refractivity contribution in [3.8, 4) is 17.2 Å². The lowest BCUT2D eigenvalue weighted by Gasteiger charge is -2.01. The van der Waals surface area contributed by atoms with Crippen molar-refractivity contribution in [3.63, 3.8) is 0 Å².